The minimum absolute atomic E-state index is 0.669. The van der Waals surface area contributed by atoms with E-state index in [9.17, 15) is 19.2 Å². The molecule has 0 saturated carbocycles. The van der Waals surface area contributed by atoms with Gasteiger partial charge in [0, 0.05) is 27.7 Å². The summed E-state index contributed by atoms with van der Waals surface area (Å²) in [6, 6.07) is 1.65. The number of nitriles is 1. The highest BCUT2D eigenvalue weighted by molar-refractivity contribution is 5.69. The fraction of sp³-hybridized carbons (Fsp3) is 0.643. The lowest BCUT2D eigenvalue weighted by molar-refractivity contribution is -0.192. The number of ether oxygens (including phenoxy) is 4. The summed E-state index contributed by atoms with van der Waals surface area (Å²) >= 11 is 0. The molecule has 23 heavy (non-hydrogen) atoms. The molecule has 0 radical (unpaired) electrons. The Kier molecular flexibility index (Phi) is 8.33. The third kappa shape index (κ3) is 7.80. The van der Waals surface area contributed by atoms with Gasteiger partial charge >= 0.3 is 23.9 Å². The van der Waals surface area contributed by atoms with Crippen molar-refractivity contribution in [1.29, 1.82) is 5.26 Å². The molecule has 0 bridgehead atoms. The third-order valence-corrected chi connectivity index (χ3v) is 2.46. The van der Waals surface area contributed by atoms with Crippen LogP contribution < -0.4 is 0 Å². The van der Waals surface area contributed by atoms with E-state index in [-0.39, 0.29) is 0 Å². The van der Waals surface area contributed by atoms with E-state index >= 15 is 0 Å². The smallest absolute Gasteiger partial charge is 0.304 e. The van der Waals surface area contributed by atoms with Crippen LogP contribution in [0, 0.1) is 11.3 Å². The molecule has 0 aromatic rings. The van der Waals surface area contributed by atoms with E-state index in [1.807, 2.05) is 0 Å². The van der Waals surface area contributed by atoms with Crippen LogP contribution >= 0.6 is 0 Å². The first-order valence-corrected chi connectivity index (χ1v) is 6.67. The van der Waals surface area contributed by atoms with Gasteiger partial charge in [-0.15, -0.1) is 0 Å². The predicted molar refractivity (Wildman–Crippen MR) is 73.5 cm³/mol. The van der Waals surface area contributed by atoms with Gasteiger partial charge in [0.25, 0.3) is 0 Å². The lowest BCUT2D eigenvalue weighted by atomic mass is 10.0. The number of rotatable bonds is 7. The maximum absolute atomic E-state index is 11.3. The van der Waals surface area contributed by atoms with E-state index in [0.29, 0.717) is 0 Å². The molecule has 128 valence electrons. The molecule has 0 aromatic carbocycles. The van der Waals surface area contributed by atoms with E-state index in [1.54, 1.807) is 6.07 Å². The van der Waals surface area contributed by atoms with Crippen LogP contribution in [0.5, 0.6) is 0 Å². The fourth-order valence-electron chi connectivity index (χ4n) is 1.79. The van der Waals surface area contributed by atoms with Crippen molar-refractivity contribution in [3.05, 3.63) is 0 Å². The molecule has 4 atom stereocenters. The van der Waals surface area contributed by atoms with Gasteiger partial charge in [-0.3, -0.25) is 19.2 Å². The predicted octanol–water partition coefficient (Wildman–Crippen LogP) is 0.257. The average molecular weight is 329 g/mol. The summed E-state index contributed by atoms with van der Waals surface area (Å²) in [6.45, 7) is 5.73. The first-order valence-electron chi connectivity index (χ1n) is 6.67. The van der Waals surface area contributed by atoms with Gasteiger partial charge in [0.15, 0.2) is 12.2 Å². The maximum Gasteiger partial charge on any atom is 0.304 e. The zero-order valence-electron chi connectivity index (χ0n) is 13.5. The lowest BCUT2D eigenvalue weighted by Crippen LogP contribution is -2.50. The standard InChI is InChI=1S/C14H19NO8/c1-7(20-8(2)16)13(22-10(4)18)14(23-11(5)19)12(6-15)21-9(3)17/h7,12-14H,1-5H3/t7-,12+,13+,14-/m0/s1. The van der Waals surface area contributed by atoms with Gasteiger partial charge in [-0.25, -0.2) is 0 Å². The van der Waals surface area contributed by atoms with Gasteiger partial charge in [-0.2, -0.15) is 5.26 Å². The van der Waals surface area contributed by atoms with Crippen molar-refractivity contribution >= 4 is 23.9 Å². The molecule has 0 heterocycles. The van der Waals surface area contributed by atoms with Crippen molar-refractivity contribution in [3.63, 3.8) is 0 Å². The summed E-state index contributed by atoms with van der Waals surface area (Å²) in [5.41, 5.74) is 0. The summed E-state index contributed by atoms with van der Waals surface area (Å²) in [4.78, 5) is 44.7. The van der Waals surface area contributed by atoms with E-state index in [4.69, 9.17) is 24.2 Å². The van der Waals surface area contributed by atoms with E-state index in [1.165, 1.54) is 6.92 Å². The SMILES string of the molecule is CC(=O)O[C@H]([C@H](OC(C)=O)[C@H](C)OC(C)=O)[C@@H](C#N)OC(C)=O. The van der Waals surface area contributed by atoms with Gasteiger partial charge in [0.2, 0.25) is 6.10 Å². The molecule has 0 spiro atoms. The number of esters is 4. The highest BCUT2D eigenvalue weighted by atomic mass is 16.6. The molecule has 0 rings (SSSR count). The molecule has 9 heteroatoms. The third-order valence-electron chi connectivity index (χ3n) is 2.46. The Hall–Kier alpha value is -2.63. The lowest BCUT2D eigenvalue weighted by Gasteiger charge is -2.31. The van der Waals surface area contributed by atoms with Gasteiger partial charge in [0.05, 0.1) is 0 Å². The summed E-state index contributed by atoms with van der Waals surface area (Å²) in [5.74, 6) is -3.02. The molecule has 0 amide bonds. The van der Waals surface area contributed by atoms with Crippen molar-refractivity contribution in [2.24, 2.45) is 0 Å². The van der Waals surface area contributed by atoms with Crippen LogP contribution in [0.15, 0.2) is 0 Å². The second-order valence-electron chi connectivity index (χ2n) is 4.62. The van der Waals surface area contributed by atoms with Crippen molar-refractivity contribution in [1.82, 2.24) is 0 Å². The minimum Gasteiger partial charge on any atom is -0.459 e. The molecule has 0 unspecified atom stereocenters. The fourth-order valence-corrected chi connectivity index (χ4v) is 1.79. The Bertz CT molecular complexity index is 509. The second-order valence-corrected chi connectivity index (χ2v) is 4.62. The van der Waals surface area contributed by atoms with Crippen LogP contribution in [-0.4, -0.2) is 48.3 Å². The number of hydrogen-bond acceptors (Lipinski definition) is 9. The summed E-state index contributed by atoms with van der Waals surface area (Å²) in [5, 5.41) is 9.14. The Labute approximate surface area is 133 Å². The maximum atomic E-state index is 11.3. The Morgan fingerprint density at radius 3 is 1.48 bits per heavy atom. The topological polar surface area (TPSA) is 129 Å². The van der Waals surface area contributed by atoms with E-state index < -0.39 is 48.3 Å². The van der Waals surface area contributed by atoms with Gasteiger partial charge in [0.1, 0.15) is 12.2 Å². The van der Waals surface area contributed by atoms with Crippen LogP contribution in [0.1, 0.15) is 34.6 Å². The summed E-state index contributed by atoms with van der Waals surface area (Å²) in [6.07, 6.45) is -5.38. The summed E-state index contributed by atoms with van der Waals surface area (Å²) < 4.78 is 19.7. The molecule has 0 fully saturated rings. The molecule has 9 nitrogen and oxygen atoms in total. The van der Waals surface area contributed by atoms with Crippen LogP contribution in [0.2, 0.25) is 0 Å². The highest BCUT2D eigenvalue weighted by Crippen LogP contribution is 2.18. The van der Waals surface area contributed by atoms with Crippen molar-refractivity contribution in [3.8, 4) is 6.07 Å². The second kappa shape index (κ2) is 9.40. The molecule has 0 aliphatic heterocycles. The van der Waals surface area contributed by atoms with Gasteiger partial charge in [-0.1, -0.05) is 0 Å². The van der Waals surface area contributed by atoms with Crippen LogP contribution in [0.3, 0.4) is 0 Å². The molecule has 0 aliphatic carbocycles. The summed E-state index contributed by atoms with van der Waals surface area (Å²) in [7, 11) is 0. The Balaban J connectivity index is 5.63. The van der Waals surface area contributed by atoms with Crippen molar-refractivity contribution in [2.75, 3.05) is 0 Å². The van der Waals surface area contributed by atoms with Crippen LogP contribution in [-0.2, 0) is 38.1 Å². The molecule has 0 saturated heterocycles. The molecular formula is C14H19NO8. The average Bonchev–Trinajstić information content (AvgIpc) is 2.38. The number of carbonyl (C=O) groups excluding carboxylic acids is 4. The first kappa shape index (κ1) is 20.4. The van der Waals surface area contributed by atoms with Crippen LogP contribution in [0.25, 0.3) is 0 Å². The minimum atomic E-state index is -1.54. The largest absolute Gasteiger partial charge is 0.459 e. The normalized spacial score (nSPS) is 15.1. The zero-order chi connectivity index (χ0) is 18.2. The molecular weight excluding hydrogens is 310 g/mol. The Morgan fingerprint density at radius 2 is 1.13 bits per heavy atom. The molecule has 0 aromatic heterocycles. The van der Waals surface area contributed by atoms with Crippen molar-refractivity contribution in [2.45, 2.75) is 59.0 Å². The van der Waals surface area contributed by atoms with E-state index in [2.05, 4.69) is 0 Å². The van der Waals surface area contributed by atoms with E-state index in [0.717, 1.165) is 27.7 Å². The molecule has 0 N–H and O–H groups in total. The van der Waals surface area contributed by atoms with Gasteiger partial charge < -0.3 is 18.9 Å². The first-order chi connectivity index (χ1) is 10.6. The Morgan fingerprint density at radius 1 is 0.739 bits per heavy atom. The number of hydrogen-bond donors (Lipinski definition) is 0. The highest BCUT2D eigenvalue weighted by Gasteiger charge is 2.41. The number of nitrogens with zero attached hydrogens (tertiary/aromatic N) is 1. The zero-order valence-corrected chi connectivity index (χ0v) is 13.5. The van der Waals surface area contributed by atoms with Gasteiger partial charge in [-0.05, 0) is 6.92 Å². The van der Waals surface area contributed by atoms with Crippen molar-refractivity contribution < 1.29 is 38.1 Å². The monoisotopic (exact) mass is 329 g/mol. The molecule has 0 aliphatic rings. The number of carbonyl (C=O) groups is 4. The van der Waals surface area contributed by atoms with Crippen LogP contribution in [0.4, 0.5) is 0 Å². The quantitative estimate of drug-likeness (QED) is 0.476.